The maximum atomic E-state index is 13.9. The zero-order valence-corrected chi connectivity index (χ0v) is 21.9. The van der Waals surface area contributed by atoms with Crippen molar-refractivity contribution in [1.29, 1.82) is 0 Å². The van der Waals surface area contributed by atoms with Crippen LogP contribution in [0.25, 0.3) is 0 Å². The van der Waals surface area contributed by atoms with Crippen LogP contribution < -0.4 is 14.2 Å². The van der Waals surface area contributed by atoms with Crippen molar-refractivity contribution in [1.82, 2.24) is 0 Å². The molecule has 0 amide bonds. The van der Waals surface area contributed by atoms with Crippen LogP contribution in [0.1, 0.15) is 73.3 Å². The van der Waals surface area contributed by atoms with Gasteiger partial charge in [0.25, 0.3) is 0 Å². The summed E-state index contributed by atoms with van der Waals surface area (Å²) >= 11 is 0. The second kappa shape index (κ2) is 10.3. The largest absolute Gasteiger partial charge is 0.496 e. The summed E-state index contributed by atoms with van der Waals surface area (Å²) in [5.41, 5.74) is 0.235. The van der Waals surface area contributed by atoms with E-state index < -0.39 is 48.1 Å². The third-order valence-corrected chi connectivity index (χ3v) is 7.02. The lowest BCUT2D eigenvalue weighted by Crippen LogP contribution is -2.53. The topological polar surface area (TPSA) is 158 Å². The summed E-state index contributed by atoms with van der Waals surface area (Å²) in [4.78, 5) is 40.5. The quantitative estimate of drug-likeness (QED) is 0.397. The number of carbonyl (C=O) groups is 3. The minimum Gasteiger partial charge on any atom is -0.496 e. The SMILES string of the molecule is CCOC(=O)c1c(OC)cc2c(c1C)C(=O)c1cc([C@H]3O[C@@H](C)[C@@H](O)[C@@H](O)[C@H]3O)c(OC)c(OC)c1C2=O. The fourth-order valence-electron chi connectivity index (χ4n) is 5.14. The number of ether oxygens (including phenoxy) is 5. The van der Waals surface area contributed by atoms with Gasteiger partial charge in [0.05, 0.1) is 39.6 Å². The van der Waals surface area contributed by atoms with Crippen LogP contribution in [0.2, 0.25) is 0 Å². The van der Waals surface area contributed by atoms with Crippen molar-refractivity contribution in [3.8, 4) is 17.2 Å². The number of ketones is 2. The van der Waals surface area contributed by atoms with E-state index in [2.05, 4.69) is 0 Å². The summed E-state index contributed by atoms with van der Waals surface area (Å²) in [5.74, 6) is -1.83. The average Bonchev–Trinajstić information content (AvgIpc) is 2.90. The predicted octanol–water partition coefficient (Wildman–Crippen LogP) is 1.52. The van der Waals surface area contributed by atoms with Gasteiger partial charge in [-0.2, -0.15) is 0 Å². The van der Waals surface area contributed by atoms with Gasteiger partial charge >= 0.3 is 5.97 Å². The Morgan fingerprint density at radius 1 is 0.895 bits per heavy atom. The van der Waals surface area contributed by atoms with E-state index in [1.807, 2.05) is 0 Å². The van der Waals surface area contributed by atoms with Gasteiger partial charge < -0.3 is 39.0 Å². The van der Waals surface area contributed by atoms with Crippen LogP contribution in [0.3, 0.4) is 0 Å². The number of esters is 1. The molecule has 4 rings (SSSR count). The van der Waals surface area contributed by atoms with Crippen LogP contribution in [0.15, 0.2) is 12.1 Å². The first-order chi connectivity index (χ1) is 18.0. The van der Waals surface area contributed by atoms with Gasteiger partial charge in [0.1, 0.15) is 35.7 Å². The lowest BCUT2D eigenvalue weighted by atomic mass is 9.78. The van der Waals surface area contributed by atoms with E-state index in [9.17, 15) is 29.7 Å². The standard InChI is InChI=1S/C27H30O11/c1-7-37-27(33)17-10(2)16-13(9-15(17)34-4)21(30)18-12(20(16)29)8-14(25(35-5)26(18)36-6)24-23(32)22(31)19(28)11(3)38-24/h8-9,11,19,22-24,28,31-32H,7H2,1-6H3/t11-,19+,22+,23+,24+/m0/s1. The molecule has 0 bridgehead atoms. The number of aliphatic hydroxyl groups is 3. The van der Waals surface area contributed by atoms with Gasteiger partial charge in [-0.05, 0) is 38.5 Å². The molecular weight excluding hydrogens is 500 g/mol. The first-order valence-electron chi connectivity index (χ1n) is 12.0. The first kappa shape index (κ1) is 27.5. The molecule has 38 heavy (non-hydrogen) atoms. The summed E-state index contributed by atoms with van der Waals surface area (Å²) < 4.78 is 27.4. The van der Waals surface area contributed by atoms with E-state index >= 15 is 0 Å². The summed E-state index contributed by atoms with van der Waals surface area (Å²) in [6, 6.07) is 2.67. The molecule has 11 heteroatoms. The second-order valence-corrected chi connectivity index (χ2v) is 9.07. The van der Waals surface area contributed by atoms with Crippen LogP contribution in [-0.4, -0.2) is 85.2 Å². The van der Waals surface area contributed by atoms with Crippen LogP contribution in [0, 0.1) is 6.92 Å². The summed E-state index contributed by atoms with van der Waals surface area (Å²) in [6.45, 7) is 4.78. The van der Waals surface area contributed by atoms with E-state index in [0.717, 1.165) is 0 Å². The van der Waals surface area contributed by atoms with Crippen molar-refractivity contribution >= 4 is 17.5 Å². The molecule has 0 aromatic heterocycles. The Bertz CT molecular complexity index is 1320. The molecule has 1 heterocycles. The van der Waals surface area contributed by atoms with Gasteiger partial charge in [0.2, 0.25) is 0 Å². The Kier molecular flexibility index (Phi) is 7.48. The fourth-order valence-corrected chi connectivity index (χ4v) is 5.14. The smallest absolute Gasteiger partial charge is 0.342 e. The zero-order valence-electron chi connectivity index (χ0n) is 21.9. The Morgan fingerprint density at radius 2 is 1.50 bits per heavy atom. The van der Waals surface area contributed by atoms with Crippen LogP contribution in [-0.2, 0) is 9.47 Å². The number of benzene rings is 2. The van der Waals surface area contributed by atoms with Crippen molar-refractivity contribution in [2.45, 2.75) is 51.3 Å². The van der Waals surface area contributed by atoms with Gasteiger partial charge in [-0.15, -0.1) is 0 Å². The monoisotopic (exact) mass is 530 g/mol. The number of methoxy groups -OCH3 is 3. The van der Waals surface area contributed by atoms with Gasteiger partial charge in [-0.3, -0.25) is 9.59 Å². The molecule has 11 nitrogen and oxygen atoms in total. The molecular formula is C27H30O11. The molecule has 1 aliphatic carbocycles. The summed E-state index contributed by atoms with van der Waals surface area (Å²) in [5, 5.41) is 31.3. The average molecular weight is 531 g/mol. The summed E-state index contributed by atoms with van der Waals surface area (Å²) in [6.07, 6.45) is -6.57. The highest BCUT2D eigenvalue weighted by molar-refractivity contribution is 6.31. The molecule has 0 unspecified atom stereocenters. The summed E-state index contributed by atoms with van der Waals surface area (Å²) in [7, 11) is 3.95. The molecule has 2 aromatic rings. The van der Waals surface area contributed by atoms with E-state index in [1.54, 1.807) is 6.92 Å². The third-order valence-electron chi connectivity index (χ3n) is 7.02. The lowest BCUT2D eigenvalue weighted by Gasteiger charge is -2.40. The third kappa shape index (κ3) is 4.02. The van der Waals surface area contributed by atoms with Gasteiger partial charge in [-0.25, -0.2) is 4.79 Å². The van der Waals surface area contributed by atoms with Gasteiger partial charge in [0, 0.05) is 22.3 Å². The minimum atomic E-state index is -1.58. The normalized spacial score (nSPS) is 24.4. The fraction of sp³-hybridized carbons (Fsp3) is 0.444. The van der Waals surface area contributed by atoms with E-state index in [4.69, 9.17) is 23.7 Å². The number of carbonyl (C=O) groups excluding carboxylic acids is 3. The van der Waals surface area contributed by atoms with Crippen LogP contribution in [0.5, 0.6) is 17.2 Å². The highest BCUT2D eigenvalue weighted by Crippen LogP contribution is 2.48. The number of fused-ring (bicyclic) bond motifs is 2. The molecule has 3 N–H and O–H groups in total. The predicted molar refractivity (Wildman–Crippen MR) is 131 cm³/mol. The van der Waals surface area contributed by atoms with Crippen molar-refractivity contribution in [3.63, 3.8) is 0 Å². The van der Waals surface area contributed by atoms with E-state index in [-0.39, 0.29) is 62.8 Å². The van der Waals surface area contributed by atoms with Crippen LogP contribution in [0.4, 0.5) is 0 Å². The molecule has 2 aromatic carbocycles. The van der Waals surface area contributed by atoms with Crippen molar-refractivity contribution in [2.75, 3.05) is 27.9 Å². The maximum Gasteiger partial charge on any atom is 0.342 e. The number of hydrogen-bond donors (Lipinski definition) is 3. The Balaban J connectivity index is 1.98. The van der Waals surface area contributed by atoms with Crippen molar-refractivity contribution in [2.24, 2.45) is 0 Å². The zero-order chi connectivity index (χ0) is 28.0. The van der Waals surface area contributed by atoms with E-state index in [0.29, 0.717) is 0 Å². The molecule has 1 aliphatic heterocycles. The van der Waals surface area contributed by atoms with E-state index in [1.165, 1.54) is 47.3 Å². The molecule has 0 spiro atoms. The minimum absolute atomic E-state index is 0.00143. The molecule has 0 saturated carbocycles. The Hall–Kier alpha value is -3.51. The van der Waals surface area contributed by atoms with Crippen LogP contribution >= 0.6 is 0 Å². The molecule has 0 radical (unpaired) electrons. The number of aliphatic hydroxyl groups excluding tert-OH is 3. The molecule has 1 fully saturated rings. The second-order valence-electron chi connectivity index (χ2n) is 9.07. The number of rotatable bonds is 6. The molecule has 2 aliphatic rings. The lowest BCUT2D eigenvalue weighted by molar-refractivity contribution is -0.219. The number of hydrogen-bond acceptors (Lipinski definition) is 11. The highest BCUT2D eigenvalue weighted by Gasteiger charge is 2.46. The Morgan fingerprint density at radius 3 is 2.08 bits per heavy atom. The highest BCUT2D eigenvalue weighted by atomic mass is 16.5. The molecule has 1 saturated heterocycles. The van der Waals surface area contributed by atoms with Crippen molar-refractivity contribution < 1.29 is 53.4 Å². The molecule has 5 atom stereocenters. The first-order valence-corrected chi connectivity index (χ1v) is 12.0. The van der Waals surface area contributed by atoms with Gasteiger partial charge in [0.15, 0.2) is 23.1 Å². The maximum absolute atomic E-state index is 13.9. The molecule has 204 valence electrons. The Labute approximate surface area is 218 Å². The van der Waals surface area contributed by atoms with Gasteiger partial charge in [-0.1, -0.05) is 0 Å². The van der Waals surface area contributed by atoms with Crippen molar-refractivity contribution in [3.05, 3.63) is 51.1 Å².